The summed E-state index contributed by atoms with van der Waals surface area (Å²) in [6, 6.07) is 5.68. The molecular weight excluding hydrogens is 230 g/mol. The molecule has 96 valence electrons. The first kappa shape index (κ1) is 12.3. The Hall–Kier alpha value is -2.17. The predicted octanol–water partition coefficient (Wildman–Crippen LogP) is 2.24. The van der Waals surface area contributed by atoms with Crippen LogP contribution < -0.4 is 15.2 Å². The van der Waals surface area contributed by atoms with Gasteiger partial charge in [0.05, 0.1) is 19.9 Å². The standard InChI is InChI=1S/C13H17N3O2/c1-4-11-12(15-16-13(11)14)8-5-9(17-2)7-10(6-8)18-3/h5-7H,4H2,1-3H3,(H3,14,15,16). The number of ether oxygens (including phenoxy) is 2. The van der Waals surface area contributed by atoms with E-state index in [1.165, 1.54) is 0 Å². The zero-order chi connectivity index (χ0) is 13.1. The molecule has 0 radical (unpaired) electrons. The Bertz CT molecular complexity index is 527. The maximum atomic E-state index is 5.83. The highest BCUT2D eigenvalue weighted by molar-refractivity contribution is 5.70. The molecule has 1 aromatic carbocycles. The number of methoxy groups -OCH3 is 2. The highest BCUT2D eigenvalue weighted by Gasteiger charge is 2.13. The predicted molar refractivity (Wildman–Crippen MR) is 70.9 cm³/mol. The number of benzene rings is 1. The first-order valence-electron chi connectivity index (χ1n) is 5.75. The minimum atomic E-state index is 0.536. The molecule has 0 saturated heterocycles. The lowest BCUT2D eigenvalue weighted by Gasteiger charge is -2.08. The van der Waals surface area contributed by atoms with Crippen molar-refractivity contribution in [2.24, 2.45) is 0 Å². The number of nitrogens with two attached hydrogens (primary N) is 1. The fourth-order valence-corrected chi connectivity index (χ4v) is 1.93. The fraction of sp³-hybridized carbons (Fsp3) is 0.308. The van der Waals surface area contributed by atoms with Gasteiger partial charge >= 0.3 is 0 Å². The number of aromatic amines is 1. The molecule has 0 amide bonds. The molecule has 1 heterocycles. The first-order valence-corrected chi connectivity index (χ1v) is 5.75. The molecule has 2 aromatic rings. The summed E-state index contributed by atoms with van der Waals surface area (Å²) in [5.74, 6) is 2.01. The van der Waals surface area contributed by atoms with Gasteiger partial charge in [0.15, 0.2) is 0 Å². The van der Waals surface area contributed by atoms with Crippen molar-refractivity contribution in [2.75, 3.05) is 20.0 Å². The fourth-order valence-electron chi connectivity index (χ4n) is 1.93. The SMILES string of the molecule is CCc1c(N)n[nH]c1-c1cc(OC)cc(OC)c1. The minimum Gasteiger partial charge on any atom is -0.497 e. The van der Waals surface area contributed by atoms with Crippen LogP contribution in [-0.4, -0.2) is 24.4 Å². The summed E-state index contributed by atoms with van der Waals surface area (Å²) >= 11 is 0. The van der Waals surface area contributed by atoms with Crippen molar-refractivity contribution in [3.05, 3.63) is 23.8 Å². The van der Waals surface area contributed by atoms with Crippen LogP contribution in [-0.2, 0) is 6.42 Å². The minimum absolute atomic E-state index is 0.536. The average molecular weight is 247 g/mol. The van der Waals surface area contributed by atoms with Crippen LogP contribution in [0.15, 0.2) is 18.2 Å². The van der Waals surface area contributed by atoms with E-state index >= 15 is 0 Å². The molecular formula is C13H17N3O2. The Kier molecular flexibility index (Phi) is 3.41. The van der Waals surface area contributed by atoms with Crippen LogP contribution in [0.2, 0.25) is 0 Å². The third kappa shape index (κ3) is 2.11. The van der Waals surface area contributed by atoms with E-state index in [4.69, 9.17) is 15.2 Å². The lowest BCUT2D eigenvalue weighted by molar-refractivity contribution is 0.394. The van der Waals surface area contributed by atoms with Gasteiger partial charge < -0.3 is 15.2 Å². The van der Waals surface area contributed by atoms with Crippen molar-refractivity contribution in [3.63, 3.8) is 0 Å². The molecule has 5 nitrogen and oxygen atoms in total. The van der Waals surface area contributed by atoms with Crippen LogP contribution >= 0.6 is 0 Å². The smallest absolute Gasteiger partial charge is 0.149 e. The number of H-pyrrole nitrogens is 1. The maximum absolute atomic E-state index is 5.83. The third-order valence-corrected chi connectivity index (χ3v) is 2.89. The summed E-state index contributed by atoms with van der Waals surface area (Å²) in [7, 11) is 3.25. The van der Waals surface area contributed by atoms with Gasteiger partial charge in [-0.15, -0.1) is 0 Å². The van der Waals surface area contributed by atoms with Gasteiger partial charge in [-0.2, -0.15) is 5.10 Å². The van der Waals surface area contributed by atoms with E-state index in [-0.39, 0.29) is 0 Å². The van der Waals surface area contributed by atoms with Crippen molar-refractivity contribution >= 4 is 5.82 Å². The van der Waals surface area contributed by atoms with Gasteiger partial charge in [0.25, 0.3) is 0 Å². The number of anilines is 1. The molecule has 0 unspecified atom stereocenters. The van der Waals surface area contributed by atoms with Crippen molar-refractivity contribution in [1.82, 2.24) is 10.2 Å². The summed E-state index contributed by atoms with van der Waals surface area (Å²) in [6.07, 6.45) is 0.817. The zero-order valence-corrected chi connectivity index (χ0v) is 10.8. The molecule has 0 bridgehead atoms. The van der Waals surface area contributed by atoms with E-state index in [2.05, 4.69) is 10.2 Å². The Morgan fingerprint density at radius 3 is 2.28 bits per heavy atom. The molecule has 0 fully saturated rings. The lowest BCUT2D eigenvalue weighted by atomic mass is 10.1. The summed E-state index contributed by atoms with van der Waals surface area (Å²) in [6.45, 7) is 2.04. The summed E-state index contributed by atoms with van der Waals surface area (Å²) in [5, 5.41) is 7.00. The van der Waals surface area contributed by atoms with E-state index < -0.39 is 0 Å². The molecule has 0 aliphatic heterocycles. The topological polar surface area (TPSA) is 73.2 Å². The van der Waals surface area contributed by atoms with Crippen LogP contribution in [0.1, 0.15) is 12.5 Å². The molecule has 0 aliphatic carbocycles. The van der Waals surface area contributed by atoms with Gasteiger partial charge in [-0.3, -0.25) is 5.10 Å². The molecule has 3 N–H and O–H groups in total. The molecule has 18 heavy (non-hydrogen) atoms. The van der Waals surface area contributed by atoms with E-state index in [0.29, 0.717) is 5.82 Å². The van der Waals surface area contributed by atoms with E-state index in [1.807, 2.05) is 25.1 Å². The van der Waals surface area contributed by atoms with Gasteiger partial charge in [0, 0.05) is 17.2 Å². The van der Waals surface area contributed by atoms with Gasteiger partial charge in [0.1, 0.15) is 17.3 Å². The lowest BCUT2D eigenvalue weighted by Crippen LogP contribution is -1.92. The molecule has 2 rings (SSSR count). The highest BCUT2D eigenvalue weighted by atomic mass is 16.5. The Balaban J connectivity index is 2.55. The van der Waals surface area contributed by atoms with Crippen LogP contribution in [0.4, 0.5) is 5.82 Å². The summed E-state index contributed by atoms with van der Waals surface area (Å²) in [5.41, 5.74) is 8.69. The second kappa shape index (κ2) is 5.00. The molecule has 1 aromatic heterocycles. The van der Waals surface area contributed by atoms with Gasteiger partial charge in [-0.25, -0.2) is 0 Å². The van der Waals surface area contributed by atoms with Crippen LogP contribution in [0, 0.1) is 0 Å². The number of hydrogen-bond donors (Lipinski definition) is 2. The largest absolute Gasteiger partial charge is 0.497 e. The Labute approximate surface area is 106 Å². The van der Waals surface area contributed by atoms with Crippen molar-refractivity contribution < 1.29 is 9.47 Å². The number of hydrogen-bond acceptors (Lipinski definition) is 4. The summed E-state index contributed by atoms with van der Waals surface area (Å²) in [4.78, 5) is 0. The Morgan fingerprint density at radius 2 is 1.78 bits per heavy atom. The van der Waals surface area contributed by atoms with Crippen LogP contribution in [0.5, 0.6) is 11.5 Å². The van der Waals surface area contributed by atoms with Crippen LogP contribution in [0.25, 0.3) is 11.3 Å². The van der Waals surface area contributed by atoms with Gasteiger partial charge in [-0.05, 0) is 18.6 Å². The zero-order valence-electron chi connectivity index (χ0n) is 10.8. The van der Waals surface area contributed by atoms with E-state index in [0.717, 1.165) is 34.7 Å². The maximum Gasteiger partial charge on any atom is 0.149 e. The second-order valence-electron chi connectivity index (χ2n) is 3.92. The average Bonchev–Trinajstić information content (AvgIpc) is 2.79. The molecule has 5 heteroatoms. The van der Waals surface area contributed by atoms with Crippen LogP contribution in [0.3, 0.4) is 0 Å². The second-order valence-corrected chi connectivity index (χ2v) is 3.92. The number of nitrogens with zero attached hydrogens (tertiary/aromatic N) is 1. The normalized spacial score (nSPS) is 10.4. The van der Waals surface area contributed by atoms with Crippen molar-refractivity contribution in [1.29, 1.82) is 0 Å². The molecule has 0 saturated carbocycles. The third-order valence-electron chi connectivity index (χ3n) is 2.89. The molecule has 0 aliphatic rings. The monoisotopic (exact) mass is 247 g/mol. The van der Waals surface area contributed by atoms with Gasteiger partial charge in [0.2, 0.25) is 0 Å². The summed E-state index contributed by atoms with van der Waals surface area (Å²) < 4.78 is 10.5. The first-order chi connectivity index (χ1) is 8.69. The Morgan fingerprint density at radius 1 is 1.17 bits per heavy atom. The highest BCUT2D eigenvalue weighted by Crippen LogP contribution is 2.32. The van der Waals surface area contributed by atoms with Crippen molar-refractivity contribution in [2.45, 2.75) is 13.3 Å². The van der Waals surface area contributed by atoms with E-state index in [1.54, 1.807) is 14.2 Å². The van der Waals surface area contributed by atoms with E-state index in [9.17, 15) is 0 Å². The number of nitrogen functional groups attached to an aromatic ring is 1. The number of rotatable bonds is 4. The number of aromatic nitrogens is 2. The molecule has 0 spiro atoms. The van der Waals surface area contributed by atoms with Crippen molar-refractivity contribution in [3.8, 4) is 22.8 Å². The quantitative estimate of drug-likeness (QED) is 0.869. The molecule has 0 atom stereocenters. The van der Waals surface area contributed by atoms with Gasteiger partial charge in [-0.1, -0.05) is 6.92 Å². The number of nitrogens with one attached hydrogen (secondary N) is 1.